The summed E-state index contributed by atoms with van der Waals surface area (Å²) < 4.78 is 211. The molecule has 0 unspecified atom stereocenters. The number of nitrogens with zero attached hydrogens (tertiary/aromatic N) is 6. The van der Waals surface area contributed by atoms with Crippen molar-refractivity contribution in [3.8, 4) is 0 Å². The van der Waals surface area contributed by atoms with Gasteiger partial charge in [0, 0.05) is 74.5 Å². The first kappa shape index (κ1) is 65.4. The summed E-state index contributed by atoms with van der Waals surface area (Å²) in [5, 5.41) is 7.03. The second kappa shape index (κ2) is 25.1. The predicted molar refractivity (Wildman–Crippen MR) is 271 cm³/mol. The molecule has 0 saturated carbocycles. The third-order valence-electron chi connectivity index (χ3n) is 10.3. The van der Waals surface area contributed by atoms with Crippen LogP contribution in [0.25, 0.3) is 9.69 Å². The molecule has 0 aliphatic heterocycles. The van der Waals surface area contributed by atoms with Gasteiger partial charge in [0.05, 0.1) is 6.57 Å². The fraction of sp³-hybridized carbons (Fsp3) is 0.277. The van der Waals surface area contributed by atoms with E-state index in [1.54, 1.807) is 20.8 Å². The molecule has 6 N–H and O–H groups in total. The van der Waals surface area contributed by atoms with E-state index in [-0.39, 0.29) is 44.9 Å². The topological polar surface area (TPSA) is 262 Å². The number of benzene rings is 2. The fourth-order valence-electron chi connectivity index (χ4n) is 6.41. The van der Waals surface area contributed by atoms with Gasteiger partial charge in [0.15, 0.2) is 17.5 Å². The van der Waals surface area contributed by atoms with E-state index in [0.717, 1.165) is 52.7 Å². The summed E-state index contributed by atoms with van der Waals surface area (Å²) in [5.74, 6) is -6.96. The van der Waals surface area contributed by atoms with Crippen LogP contribution in [0.4, 0.5) is 72.5 Å². The number of aryl methyl sites for hydroxylation is 3. The number of halogens is 10. The minimum atomic E-state index is -4.89. The smallest absolute Gasteiger partial charge is 0.361 e. The number of alkyl halides is 6. The predicted octanol–water partition coefficient (Wildman–Crippen LogP) is 8.42. The summed E-state index contributed by atoms with van der Waals surface area (Å²) in [7, 11) is -9.22. The van der Waals surface area contributed by atoms with Crippen LogP contribution in [-0.2, 0) is 51.2 Å². The minimum absolute atomic E-state index is 0.0428. The van der Waals surface area contributed by atoms with Crippen LogP contribution in [0.5, 0.6) is 0 Å². The maximum atomic E-state index is 14.6. The van der Waals surface area contributed by atoms with Crippen LogP contribution in [0.15, 0.2) is 100 Å². The van der Waals surface area contributed by atoms with Crippen molar-refractivity contribution in [3.05, 3.63) is 149 Å². The Kier molecular flexibility index (Phi) is 20.3. The van der Waals surface area contributed by atoms with Crippen molar-refractivity contribution in [2.24, 2.45) is 21.1 Å². The zero-order chi connectivity index (χ0) is 61.5. The van der Waals surface area contributed by atoms with Gasteiger partial charge in [-0.05, 0) is 83.1 Å². The van der Waals surface area contributed by atoms with E-state index in [1.807, 2.05) is 0 Å². The number of nitrogens with one attached hydrogen (secondary N) is 6. The standard InChI is InChI=1S/C16H14F4N4O3S.C16H19F2N3O3S.C15H13F4N5O3S/c1-9(16(18,19)20)23-28(26,27)11-7-14(24(3)8-11)15(25)22-10-4-5-12(17)13(6-10)21-2;1-16(2,3)20-25(23,24)11-8-14(21(4)9-11)15(22)19-10-5-6-12(17)13(18)7-10;1-8(15(17,18)19)23-28(26,27)10-7-24(3)13(12(10)16)14(25)22-9-4-5-21-11(6-9)20-2/h4-9,23H,1,3H3,(H,22,25);5-9,20H,1-4H3,(H,19,22);4-8,23H,1,3H3,(H,21,22,25)/t9-;;8-/m0.1/s1. The highest BCUT2D eigenvalue weighted by Crippen LogP contribution is 2.28. The molecule has 2 atom stereocenters. The molecule has 0 radical (unpaired) electrons. The Hall–Kier alpha value is -8.15. The van der Waals surface area contributed by atoms with Crippen LogP contribution >= 0.6 is 0 Å². The number of pyridine rings is 1. The zero-order valence-electron chi connectivity index (χ0n) is 43.1. The number of anilines is 3. The highest BCUT2D eigenvalue weighted by Gasteiger charge is 2.41. The highest BCUT2D eigenvalue weighted by atomic mass is 32.2. The molecule has 0 spiro atoms. The molecule has 436 valence electrons. The summed E-state index contributed by atoms with van der Waals surface area (Å²) in [6.45, 7) is 20.0. The number of hydrogen-bond acceptors (Lipinski definition) is 10. The second-order valence-corrected chi connectivity index (χ2v) is 23.1. The first-order chi connectivity index (χ1) is 37.1. The molecule has 2 aromatic carbocycles. The van der Waals surface area contributed by atoms with E-state index < -0.39 is 117 Å². The number of rotatable bonds is 14. The van der Waals surface area contributed by atoms with Gasteiger partial charge in [-0.25, -0.2) is 52.4 Å². The maximum absolute atomic E-state index is 14.6. The van der Waals surface area contributed by atoms with E-state index in [0.29, 0.717) is 20.0 Å². The van der Waals surface area contributed by atoms with Crippen molar-refractivity contribution in [2.75, 3.05) is 16.0 Å². The number of sulfonamides is 3. The Bertz CT molecular complexity index is 3810. The summed E-state index contributed by atoms with van der Waals surface area (Å²) >= 11 is 0. The Morgan fingerprint density at radius 3 is 1.49 bits per heavy atom. The third kappa shape index (κ3) is 17.4. The van der Waals surface area contributed by atoms with Crippen molar-refractivity contribution in [1.82, 2.24) is 32.9 Å². The Balaban J connectivity index is 0.000000262. The number of hydrogen-bond donors (Lipinski definition) is 6. The van der Waals surface area contributed by atoms with Crippen LogP contribution < -0.4 is 30.1 Å². The monoisotopic (exact) mass is 1210 g/mol. The van der Waals surface area contributed by atoms with Gasteiger partial charge in [-0.1, -0.05) is 6.57 Å². The van der Waals surface area contributed by atoms with Gasteiger partial charge in [0.25, 0.3) is 23.5 Å². The number of aromatic nitrogens is 4. The maximum Gasteiger partial charge on any atom is 0.404 e. The van der Waals surface area contributed by atoms with Gasteiger partial charge in [-0.15, -0.1) is 4.98 Å². The molecule has 3 amide bonds. The summed E-state index contributed by atoms with van der Waals surface area (Å²) in [6.07, 6.45) is -5.45. The van der Waals surface area contributed by atoms with Gasteiger partial charge in [-0.3, -0.25) is 14.4 Å². The Labute approximate surface area is 456 Å². The van der Waals surface area contributed by atoms with Crippen LogP contribution in [0.1, 0.15) is 66.1 Å². The molecular weight excluding hydrogens is 1160 g/mol. The normalized spacial score (nSPS) is 12.8. The molecule has 0 saturated heterocycles. The van der Waals surface area contributed by atoms with Gasteiger partial charge >= 0.3 is 12.4 Å². The molecule has 34 heteroatoms. The van der Waals surface area contributed by atoms with Crippen molar-refractivity contribution in [1.29, 1.82) is 0 Å². The summed E-state index contributed by atoms with van der Waals surface area (Å²) in [4.78, 5) is 44.9. The van der Waals surface area contributed by atoms with Crippen molar-refractivity contribution in [2.45, 2.75) is 79.3 Å². The Morgan fingerprint density at radius 1 is 0.568 bits per heavy atom. The zero-order valence-corrected chi connectivity index (χ0v) is 45.5. The minimum Gasteiger partial charge on any atom is -0.361 e. The van der Waals surface area contributed by atoms with Crippen LogP contribution in [0.2, 0.25) is 0 Å². The first-order valence-corrected chi connectivity index (χ1v) is 26.8. The molecule has 0 aliphatic carbocycles. The van der Waals surface area contributed by atoms with E-state index in [9.17, 15) is 83.5 Å². The number of amides is 3. The van der Waals surface area contributed by atoms with Crippen molar-refractivity contribution in [3.63, 3.8) is 0 Å². The molecule has 6 aromatic rings. The molecule has 0 bridgehead atoms. The largest absolute Gasteiger partial charge is 0.404 e. The molecule has 4 aromatic heterocycles. The third-order valence-corrected chi connectivity index (χ3v) is 15.1. The lowest BCUT2D eigenvalue weighted by atomic mass is 10.1. The SMILES string of the molecule is Cn1cc(S(=O)(=O)NC(C)(C)C)cc1C(=O)Nc1ccc(F)c(F)c1.[C-]#[N+]c1cc(NC(=O)c2c(F)c(S(=O)(=O)N[C@H](C)C(F)(F)F)cn2C)ccn1.[C-]#[N+]c1cc(NC(=O)c2cc(S(=O)(=O)N[C@@H](C)C(F)(F)F)cn2C)ccc1F. The van der Waals surface area contributed by atoms with Gasteiger partial charge in [0.2, 0.25) is 35.8 Å². The van der Waals surface area contributed by atoms with Gasteiger partial charge in [0.1, 0.15) is 55.9 Å². The average Bonchev–Trinajstić information content (AvgIpc) is 4.08. The van der Waals surface area contributed by atoms with E-state index >= 15 is 0 Å². The average molecular weight is 1210 g/mol. The lowest BCUT2D eigenvalue weighted by molar-refractivity contribution is -0.147. The van der Waals surface area contributed by atoms with E-state index in [2.05, 4.69) is 35.3 Å². The van der Waals surface area contributed by atoms with Gasteiger partial charge < -0.3 is 34.5 Å². The fourth-order valence-corrected chi connectivity index (χ4v) is 10.6. The lowest BCUT2D eigenvalue weighted by Crippen LogP contribution is -2.43. The van der Waals surface area contributed by atoms with Crippen LogP contribution in [0, 0.1) is 36.4 Å². The molecule has 6 rings (SSSR count). The highest BCUT2D eigenvalue weighted by molar-refractivity contribution is 7.90. The summed E-state index contributed by atoms with van der Waals surface area (Å²) in [5.41, 5.74) is -1.59. The van der Waals surface area contributed by atoms with Crippen molar-refractivity contribution < 1.29 is 83.5 Å². The molecule has 0 aliphatic rings. The van der Waals surface area contributed by atoms with Gasteiger partial charge in [-0.2, -0.15) is 35.8 Å². The van der Waals surface area contributed by atoms with Crippen molar-refractivity contribution >= 4 is 76.4 Å². The quantitative estimate of drug-likeness (QED) is 0.0448. The molecule has 21 nitrogen and oxygen atoms in total. The first-order valence-electron chi connectivity index (χ1n) is 22.4. The molecular formula is C47H46F10N12O9S3. The van der Waals surface area contributed by atoms with E-state index in [4.69, 9.17) is 13.1 Å². The summed E-state index contributed by atoms with van der Waals surface area (Å²) in [6, 6.07) is 6.07. The lowest BCUT2D eigenvalue weighted by Gasteiger charge is -2.19. The van der Waals surface area contributed by atoms with E-state index in [1.165, 1.54) is 70.8 Å². The number of carbonyl (C=O) groups excluding carboxylic acids is 3. The number of carbonyl (C=O) groups is 3. The Morgan fingerprint density at radius 2 is 1.02 bits per heavy atom. The molecule has 0 fully saturated rings. The second-order valence-electron chi connectivity index (χ2n) is 18.0. The van der Waals surface area contributed by atoms with Crippen LogP contribution in [0.3, 0.4) is 0 Å². The van der Waals surface area contributed by atoms with Crippen LogP contribution in [-0.4, -0.2) is 91.6 Å². The molecule has 4 heterocycles. The molecule has 81 heavy (non-hydrogen) atoms.